The standard InChI is InChI=1S/C14H13BrN4O/c15-11-7-4-8-19-13(11)17-14(18-19)16-12(9-20)10-5-2-1-3-6-10/h1-8,12,20H,9H2,(H,16,18). The molecule has 1 unspecified atom stereocenters. The number of nitrogens with one attached hydrogen (secondary N) is 1. The second-order valence-corrected chi connectivity index (χ2v) is 5.20. The van der Waals surface area contributed by atoms with Crippen LogP contribution in [0.3, 0.4) is 0 Å². The number of hydrogen-bond donors (Lipinski definition) is 2. The van der Waals surface area contributed by atoms with Gasteiger partial charge in [0.1, 0.15) is 0 Å². The van der Waals surface area contributed by atoms with Crippen LogP contribution in [0, 0.1) is 0 Å². The fourth-order valence-electron chi connectivity index (χ4n) is 2.01. The highest BCUT2D eigenvalue weighted by Crippen LogP contribution is 2.20. The van der Waals surface area contributed by atoms with Crippen molar-refractivity contribution in [3.8, 4) is 0 Å². The molecule has 1 atom stereocenters. The first-order valence-corrected chi connectivity index (χ1v) is 7.00. The Morgan fingerprint density at radius 2 is 2.00 bits per heavy atom. The molecule has 102 valence electrons. The molecule has 5 nitrogen and oxygen atoms in total. The van der Waals surface area contributed by atoms with E-state index in [4.69, 9.17) is 0 Å². The second-order valence-electron chi connectivity index (χ2n) is 4.35. The molecule has 0 aliphatic heterocycles. The van der Waals surface area contributed by atoms with Gasteiger partial charge in [-0.15, -0.1) is 5.10 Å². The molecule has 6 heteroatoms. The molecule has 0 saturated carbocycles. The van der Waals surface area contributed by atoms with Gasteiger partial charge in [0.15, 0.2) is 5.65 Å². The average molecular weight is 333 g/mol. The minimum atomic E-state index is -0.229. The van der Waals surface area contributed by atoms with Crippen molar-refractivity contribution >= 4 is 27.5 Å². The lowest BCUT2D eigenvalue weighted by molar-refractivity contribution is 0.276. The SMILES string of the molecule is OCC(Nc1nc2c(Br)cccn2n1)c1ccccc1. The van der Waals surface area contributed by atoms with Gasteiger partial charge in [0.25, 0.3) is 0 Å². The third kappa shape index (κ3) is 2.52. The lowest BCUT2D eigenvalue weighted by atomic mass is 10.1. The number of rotatable bonds is 4. The highest BCUT2D eigenvalue weighted by Gasteiger charge is 2.13. The van der Waals surface area contributed by atoms with Crippen LogP contribution in [0.1, 0.15) is 11.6 Å². The molecule has 0 fully saturated rings. The van der Waals surface area contributed by atoms with Crippen molar-refractivity contribution < 1.29 is 5.11 Å². The number of benzene rings is 1. The smallest absolute Gasteiger partial charge is 0.243 e. The molecular formula is C14H13BrN4O. The van der Waals surface area contributed by atoms with E-state index in [-0.39, 0.29) is 12.6 Å². The third-order valence-electron chi connectivity index (χ3n) is 3.00. The highest BCUT2D eigenvalue weighted by molar-refractivity contribution is 9.10. The number of nitrogens with zero attached hydrogens (tertiary/aromatic N) is 3. The molecule has 0 saturated heterocycles. The molecule has 20 heavy (non-hydrogen) atoms. The summed E-state index contributed by atoms with van der Waals surface area (Å²) >= 11 is 3.44. The highest BCUT2D eigenvalue weighted by atomic mass is 79.9. The zero-order chi connectivity index (χ0) is 13.9. The maximum atomic E-state index is 9.54. The van der Waals surface area contributed by atoms with Crippen molar-refractivity contribution in [2.24, 2.45) is 0 Å². The van der Waals surface area contributed by atoms with Gasteiger partial charge in [-0.3, -0.25) is 0 Å². The average Bonchev–Trinajstić information content (AvgIpc) is 2.90. The van der Waals surface area contributed by atoms with Crippen LogP contribution in [0.2, 0.25) is 0 Å². The largest absolute Gasteiger partial charge is 0.394 e. The topological polar surface area (TPSA) is 62.5 Å². The Bertz CT molecular complexity index is 714. The molecule has 0 spiro atoms. The monoisotopic (exact) mass is 332 g/mol. The van der Waals surface area contributed by atoms with E-state index in [1.54, 1.807) is 4.52 Å². The summed E-state index contributed by atoms with van der Waals surface area (Å²) in [5.74, 6) is 0.486. The first-order chi connectivity index (χ1) is 9.78. The van der Waals surface area contributed by atoms with E-state index in [0.29, 0.717) is 5.95 Å². The molecule has 0 bridgehead atoms. The minimum absolute atomic E-state index is 0.0270. The van der Waals surface area contributed by atoms with E-state index >= 15 is 0 Å². The first-order valence-electron chi connectivity index (χ1n) is 6.21. The number of aliphatic hydroxyl groups is 1. The predicted molar refractivity (Wildman–Crippen MR) is 80.6 cm³/mol. The van der Waals surface area contributed by atoms with E-state index in [9.17, 15) is 5.11 Å². The van der Waals surface area contributed by atoms with Gasteiger partial charge in [-0.05, 0) is 33.6 Å². The molecule has 3 aromatic rings. The summed E-state index contributed by atoms with van der Waals surface area (Å²) in [6.45, 7) is -0.0270. The second kappa shape index (κ2) is 5.60. The van der Waals surface area contributed by atoms with Crippen molar-refractivity contribution in [1.82, 2.24) is 14.6 Å². The van der Waals surface area contributed by atoms with Gasteiger partial charge in [-0.2, -0.15) is 4.98 Å². The van der Waals surface area contributed by atoms with Gasteiger partial charge >= 0.3 is 0 Å². The van der Waals surface area contributed by atoms with Gasteiger partial charge in [0, 0.05) is 6.20 Å². The molecule has 0 aliphatic rings. The fourth-order valence-corrected chi connectivity index (χ4v) is 2.43. The van der Waals surface area contributed by atoms with Crippen molar-refractivity contribution in [2.75, 3.05) is 11.9 Å². The normalized spacial score (nSPS) is 12.5. The number of aliphatic hydroxyl groups excluding tert-OH is 1. The number of hydrogen-bond acceptors (Lipinski definition) is 4. The number of fused-ring (bicyclic) bond motifs is 1. The summed E-state index contributed by atoms with van der Waals surface area (Å²) in [7, 11) is 0. The molecule has 0 amide bonds. The van der Waals surface area contributed by atoms with Crippen LogP contribution in [-0.4, -0.2) is 26.3 Å². The maximum Gasteiger partial charge on any atom is 0.243 e. The van der Waals surface area contributed by atoms with Crippen LogP contribution in [0.15, 0.2) is 53.1 Å². The molecule has 0 aliphatic carbocycles. The first kappa shape index (κ1) is 13.1. The lowest BCUT2D eigenvalue weighted by Gasteiger charge is -2.14. The summed E-state index contributed by atoms with van der Waals surface area (Å²) in [5.41, 5.74) is 1.73. The van der Waals surface area contributed by atoms with E-state index in [1.165, 1.54) is 0 Å². The number of aromatic nitrogens is 3. The number of halogens is 1. The summed E-state index contributed by atoms with van der Waals surface area (Å²) in [4.78, 5) is 4.41. The van der Waals surface area contributed by atoms with Crippen LogP contribution < -0.4 is 5.32 Å². The Hall–Kier alpha value is -1.92. The molecule has 2 aromatic heterocycles. The quantitative estimate of drug-likeness (QED) is 0.771. The molecule has 3 rings (SSSR count). The van der Waals surface area contributed by atoms with Crippen LogP contribution in [0.25, 0.3) is 5.65 Å². The maximum absolute atomic E-state index is 9.54. The zero-order valence-electron chi connectivity index (χ0n) is 10.6. The molecule has 0 radical (unpaired) electrons. The van der Waals surface area contributed by atoms with Crippen LogP contribution in [-0.2, 0) is 0 Å². The predicted octanol–water partition coefficient (Wildman–Crippen LogP) is 2.64. The van der Waals surface area contributed by atoms with Crippen LogP contribution >= 0.6 is 15.9 Å². The molecular weight excluding hydrogens is 320 g/mol. The Morgan fingerprint density at radius 3 is 2.70 bits per heavy atom. The van der Waals surface area contributed by atoms with E-state index < -0.39 is 0 Å². The van der Waals surface area contributed by atoms with Crippen LogP contribution in [0.5, 0.6) is 0 Å². The van der Waals surface area contributed by atoms with Crippen molar-refractivity contribution in [2.45, 2.75) is 6.04 Å². The summed E-state index contributed by atoms with van der Waals surface area (Å²) in [6, 6.07) is 13.3. The summed E-state index contributed by atoms with van der Waals surface area (Å²) < 4.78 is 2.56. The van der Waals surface area contributed by atoms with E-state index in [1.807, 2.05) is 48.7 Å². The summed E-state index contributed by atoms with van der Waals surface area (Å²) in [6.07, 6.45) is 1.83. The number of anilines is 1. The summed E-state index contributed by atoms with van der Waals surface area (Å²) in [5, 5.41) is 17.0. The van der Waals surface area contributed by atoms with Crippen molar-refractivity contribution in [3.05, 3.63) is 58.7 Å². The fraction of sp³-hybridized carbons (Fsp3) is 0.143. The Kier molecular flexibility index (Phi) is 3.66. The molecule has 2 N–H and O–H groups in total. The van der Waals surface area contributed by atoms with Gasteiger partial charge in [0.05, 0.1) is 17.1 Å². The molecule has 1 aromatic carbocycles. The van der Waals surface area contributed by atoms with Gasteiger partial charge < -0.3 is 10.4 Å². The molecule has 2 heterocycles. The Balaban J connectivity index is 1.90. The van der Waals surface area contributed by atoms with Gasteiger partial charge in [-0.25, -0.2) is 4.52 Å². The minimum Gasteiger partial charge on any atom is -0.394 e. The Labute approximate surface area is 124 Å². The van der Waals surface area contributed by atoms with Gasteiger partial charge in [0.2, 0.25) is 5.95 Å². The van der Waals surface area contributed by atoms with Crippen molar-refractivity contribution in [3.63, 3.8) is 0 Å². The Morgan fingerprint density at radius 1 is 1.20 bits per heavy atom. The number of pyridine rings is 1. The van der Waals surface area contributed by atoms with Crippen LogP contribution in [0.4, 0.5) is 5.95 Å². The zero-order valence-corrected chi connectivity index (χ0v) is 12.2. The van der Waals surface area contributed by atoms with Gasteiger partial charge in [-0.1, -0.05) is 30.3 Å². The van der Waals surface area contributed by atoms with Crippen molar-refractivity contribution in [1.29, 1.82) is 0 Å². The third-order valence-corrected chi connectivity index (χ3v) is 3.62. The van der Waals surface area contributed by atoms with E-state index in [0.717, 1.165) is 15.7 Å². The van der Waals surface area contributed by atoms with E-state index in [2.05, 4.69) is 31.3 Å². The lowest BCUT2D eigenvalue weighted by Crippen LogP contribution is -2.15.